The van der Waals surface area contributed by atoms with Crippen LogP contribution in [0.25, 0.3) is 0 Å². The van der Waals surface area contributed by atoms with Crippen LogP contribution in [-0.4, -0.2) is 6.54 Å². The number of nitrogens with one attached hydrogen (secondary N) is 1. The number of benzene rings is 2. The van der Waals surface area contributed by atoms with E-state index in [1.165, 1.54) is 34.0 Å². The Morgan fingerprint density at radius 1 is 1.11 bits per heavy atom. The summed E-state index contributed by atoms with van der Waals surface area (Å²) in [6, 6.07) is 17.9. The van der Waals surface area contributed by atoms with Crippen LogP contribution in [0.4, 0.5) is 0 Å². The van der Waals surface area contributed by atoms with Crippen LogP contribution in [0, 0.1) is 0 Å². The molecular weight excluding hydrogens is 298 g/mol. The minimum Gasteiger partial charge on any atom is -0.310 e. The lowest BCUT2D eigenvalue weighted by molar-refractivity contribution is 0.533. The molecule has 1 nitrogen and oxygen atoms in total. The van der Waals surface area contributed by atoms with Crippen molar-refractivity contribution >= 4 is 15.9 Å². The first kappa shape index (κ1) is 12.9. The van der Waals surface area contributed by atoms with E-state index in [1.807, 2.05) is 0 Å². The maximum Gasteiger partial charge on any atom is 0.0326 e. The zero-order valence-electron chi connectivity index (χ0n) is 10.9. The number of fused-ring (bicyclic) bond motifs is 1. The molecule has 0 aliphatic heterocycles. The Hall–Kier alpha value is -1.12. The second-order valence-corrected chi connectivity index (χ2v) is 6.04. The molecular formula is C17H18BrN. The van der Waals surface area contributed by atoms with E-state index in [0.29, 0.717) is 6.04 Å². The monoisotopic (exact) mass is 315 g/mol. The number of rotatable bonds is 4. The zero-order chi connectivity index (χ0) is 13.1. The Balaban J connectivity index is 1.58. The molecule has 0 spiro atoms. The molecule has 0 saturated carbocycles. The Bertz CT molecular complexity index is 550. The molecule has 1 N–H and O–H groups in total. The normalized spacial score (nSPS) is 17.4. The standard InChI is InChI=1S/C17H18BrN/c18-15-7-8-16-14(12-15)6-9-17(16)19-11-10-13-4-2-1-3-5-13/h1-5,7-8,12,17,19H,6,9-11H2. The van der Waals surface area contributed by atoms with E-state index in [0.717, 1.165) is 13.0 Å². The van der Waals surface area contributed by atoms with Crippen LogP contribution in [0.15, 0.2) is 53.0 Å². The SMILES string of the molecule is Brc1ccc2c(c1)CCC2NCCc1ccccc1. The fraction of sp³-hybridized carbons (Fsp3) is 0.294. The summed E-state index contributed by atoms with van der Waals surface area (Å²) in [4.78, 5) is 0. The van der Waals surface area contributed by atoms with Gasteiger partial charge in [-0.1, -0.05) is 52.3 Å². The smallest absolute Gasteiger partial charge is 0.0326 e. The molecule has 19 heavy (non-hydrogen) atoms. The van der Waals surface area contributed by atoms with Gasteiger partial charge in [0.1, 0.15) is 0 Å². The lowest BCUT2D eigenvalue weighted by Crippen LogP contribution is -2.21. The average Bonchev–Trinajstić information content (AvgIpc) is 2.82. The van der Waals surface area contributed by atoms with E-state index in [4.69, 9.17) is 0 Å². The first-order valence-electron chi connectivity index (χ1n) is 6.88. The van der Waals surface area contributed by atoms with Crippen molar-refractivity contribution in [1.29, 1.82) is 0 Å². The van der Waals surface area contributed by atoms with Crippen molar-refractivity contribution in [2.24, 2.45) is 0 Å². The van der Waals surface area contributed by atoms with Gasteiger partial charge in [-0.05, 0) is 54.6 Å². The first-order valence-corrected chi connectivity index (χ1v) is 7.68. The van der Waals surface area contributed by atoms with E-state index in [-0.39, 0.29) is 0 Å². The fourth-order valence-corrected chi connectivity index (χ4v) is 3.24. The highest BCUT2D eigenvalue weighted by Gasteiger charge is 2.21. The van der Waals surface area contributed by atoms with Crippen molar-refractivity contribution in [3.63, 3.8) is 0 Å². The summed E-state index contributed by atoms with van der Waals surface area (Å²) in [5.74, 6) is 0. The third-order valence-electron chi connectivity index (χ3n) is 3.83. The Morgan fingerprint density at radius 2 is 1.95 bits per heavy atom. The van der Waals surface area contributed by atoms with Crippen molar-refractivity contribution in [3.05, 3.63) is 69.7 Å². The molecule has 0 saturated heterocycles. The molecule has 0 fully saturated rings. The molecule has 3 rings (SSSR count). The van der Waals surface area contributed by atoms with Gasteiger partial charge in [0, 0.05) is 10.5 Å². The van der Waals surface area contributed by atoms with Gasteiger partial charge in [0.05, 0.1) is 0 Å². The summed E-state index contributed by atoms with van der Waals surface area (Å²) in [6.45, 7) is 1.05. The highest BCUT2D eigenvalue weighted by molar-refractivity contribution is 9.10. The molecule has 1 aliphatic carbocycles. The highest BCUT2D eigenvalue weighted by Crippen LogP contribution is 2.32. The lowest BCUT2D eigenvalue weighted by Gasteiger charge is -2.14. The average molecular weight is 316 g/mol. The summed E-state index contributed by atoms with van der Waals surface area (Å²) >= 11 is 3.55. The van der Waals surface area contributed by atoms with Gasteiger partial charge in [0.15, 0.2) is 0 Å². The highest BCUT2D eigenvalue weighted by atomic mass is 79.9. The summed E-state index contributed by atoms with van der Waals surface area (Å²) in [6.07, 6.45) is 3.52. The Labute approximate surface area is 123 Å². The van der Waals surface area contributed by atoms with Crippen LogP contribution in [0.3, 0.4) is 0 Å². The maximum atomic E-state index is 3.69. The van der Waals surface area contributed by atoms with Crippen molar-refractivity contribution in [3.8, 4) is 0 Å². The molecule has 1 unspecified atom stereocenters. The van der Waals surface area contributed by atoms with Crippen molar-refractivity contribution in [1.82, 2.24) is 5.32 Å². The van der Waals surface area contributed by atoms with Gasteiger partial charge in [-0.15, -0.1) is 0 Å². The quantitative estimate of drug-likeness (QED) is 0.888. The Kier molecular flexibility index (Phi) is 4.00. The van der Waals surface area contributed by atoms with Crippen LogP contribution >= 0.6 is 15.9 Å². The topological polar surface area (TPSA) is 12.0 Å². The predicted molar refractivity (Wildman–Crippen MR) is 83.4 cm³/mol. The minimum atomic E-state index is 0.534. The molecule has 0 heterocycles. The number of hydrogen-bond donors (Lipinski definition) is 1. The van der Waals surface area contributed by atoms with Crippen LogP contribution < -0.4 is 5.32 Å². The summed E-state index contributed by atoms with van der Waals surface area (Å²) < 4.78 is 1.19. The molecule has 0 radical (unpaired) electrons. The summed E-state index contributed by atoms with van der Waals surface area (Å²) in [5, 5.41) is 3.69. The van der Waals surface area contributed by atoms with Crippen molar-refractivity contribution in [2.75, 3.05) is 6.54 Å². The van der Waals surface area contributed by atoms with Gasteiger partial charge >= 0.3 is 0 Å². The van der Waals surface area contributed by atoms with Gasteiger partial charge in [-0.25, -0.2) is 0 Å². The van der Waals surface area contributed by atoms with Crippen molar-refractivity contribution in [2.45, 2.75) is 25.3 Å². The Morgan fingerprint density at radius 3 is 2.79 bits per heavy atom. The minimum absolute atomic E-state index is 0.534. The van der Waals surface area contributed by atoms with Gasteiger partial charge in [-0.3, -0.25) is 0 Å². The van der Waals surface area contributed by atoms with Crippen LogP contribution in [-0.2, 0) is 12.8 Å². The molecule has 2 aromatic rings. The predicted octanol–water partition coefficient (Wildman–Crippen LogP) is 4.27. The van der Waals surface area contributed by atoms with E-state index in [1.54, 1.807) is 0 Å². The van der Waals surface area contributed by atoms with Crippen LogP contribution in [0.1, 0.15) is 29.2 Å². The first-order chi connectivity index (χ1) is 9.33. The maximum absolute atomic E-state index is 3.69. The fourth-order valence-electron chi connectivity index (χ4n) is 2.83. The zero-order valence-corrected chi connectivity index (χ0v) is 12.5. The van der Waals surface area contributed by atoms with Gasteiger partial charge in [0.2, 0.25) is 0 Å². The van der Waals surface area contributed by atoms with Crippen molar-refractivity contribution < 1.29 is 0 Å². The van der Waals surface area contributed by atoms with E-state index < -0.39 is 0 Å². The second-order valence-electron chi connectivity index (χ2n) is 5.12. The number of hydrogen-bond acceptors (Lipinski definition) is 1. The lowest BCUT2D eigenvalue weighted by atomic mass is 10.1. The van der Waals surface area contributed by atoms with Gasteiger partial charge < -0.3 is 5.32 Å². The van der Waals surface area contributed by atoms with E-state index >= 15 is 0 Å². The van der Waals surface area contributed by atoms with E-state index in [2.05, 4.69) is 69.8 Å². The molecule has 1 atom stereocenters. The second kappa shape index (κ2) is 5.89. The number of halogens is 1. The summed E-state index contributed by atoms with van der Waals surface area (Å²) in [5.41, 5.74) is 4.38. The van der Waals surface area contributed by atoms with E-state index in [9.17, 15) is 0 Å². The third kappa shape index (κ3) is 3.07. The molecule has 0 bridgehead atoms. The summed E-state index contributed by atoms with van der Waals surface area (Å²) in [7, 11) is 0. The number of aryl methyl sites for hydroxylation is 1. The molecule has 0 amide bonds. The molecule has 2 heteroatoms. The molecule has 2 aromatic carbocycles. The third-order valence-corrected chi connectivity index (χ3v) is 4.32. The molecule has 98 valence electrons. The van der Waals surface area contributed by atoms with Crippen LogP contribution in [0.2, 0.25) is 0 Å². The van der Waals surface area contributed by atoms with Gasteiger partial charge in [0.25, 0.3) is 0 Å². The van der Waals surface area contributed by atoms with Gasteiger partial charge in [-0.2, -0.15) is 0 Å². The molecule has 1 aliphatic rings. The molecule has 0 aromatic heterocycles. The van der Waals surface area contributed by atoms with Crippen LogP contribution in [0.5, 0.6) is 0 Å². The largest absolute Gasteiger partial charge is 0.310 e.